The van der Waals surface area contributed by atoms with Gasteiger partial charge in [-0.25, -0.2) is 9.98 Å². The van der Waals surface area contributed by atoms with E-state index in [1.807, 2.05) is 17.4 Å². The lowest BCUT2D eigenvalue weighted by Crippen LogP contribution is -2.36. The number of rotatable bonds is 5. The van der Waals surface area contributed by atoms with Gasteiger partial charge in [0.2, 0.25) is 0 Å². The normalized spacial score (nSPS) is 14.4. The summed E-state index contributed by atoms with van der Waals surface area (Å²) in [5.74, 6) is 1.55. The van der Waals surface area contributed by atoms with Crippen LogP contribution in [0.1, 0.15) is 22.9 Å². The molecule has 0 radical (unpaired) electrons. The maximum Gasteiger partial charge on any atom is 0.170 e. The smallest absolute Gasteiger partial charge is 0.170 e. The second-order valence-electron chi connectivity index (χ2n) is 14.9. The van der Waals surface area contributed by atoms with Gasteiger partial charge in [0.25, 0.3) is 0 Å². The Morgan fingerprint density at radius 3 is 1.88 bits per heavy atom. The molecule has 1 atom stereocenters. The molecule has 0 saturated carbocycles. The molecule has 0 amide bonds. The number of para-hydroxylation sites is 1. The van der Waals surface area contributed by atoms with Crippen molar-refractivity contribution in [1.82, 2.24) is 5.32 Å². The maximum atomic E-state index is 6.85. The van der Waals surface area contributed by atoms with Crippen LogP contribution in [0.15, 0.2) is 202 Å². The lowest BCUT2D eigenvalue weighted by atomic mass is 9.96. The van der Waals surface area contributed by atoms with Crippen molar-refractivity contribution < 1.29 is 4.42 Å². The molecule has 58 heavy (non-hydrogen) atoms. The summed E-state index contributed by atoms with van der Waals surface area (Å²) in [7, 11) is 0. The molecule has 11 aromatic rings. The zero-order valence-corrected chi connectivity index (χ0v) is 32.0. The molecule has 0 aliphatic carbocycles. The summed E-state index contributed by atoms with van der Waals surface area (Å²) >= 11 is 1.83. The van der Waals surface area contributed by atoms with Crippen molar-refractivity contribution in [2.75, 3.05) is 0 Å². The van der Waals surface area contributed by atoms with Gasteiger partial charge in [-0.1, -0.05) is 158 Å². The SMILES string of the molecule is c1ccc(-c2ccc3cc(C4=NC(c5ccc(-c6cccc7c6sc6ccccc67)c6oc7ccccc7c56)N=C(c5ccc6ccccc6c5)N4)ccc3c2)cc1. The van der Waals surface area contributed by atoms with Gasteiger partial charge in [-0.15, -0.1) is 11.3 Å². The Morgan fingerprint density at radius 2 is 1.07 bits per heavy atom. The van der Waals surface area contributed by atoms with Crippen LogP contribution in [-0.2, 0) is 0 Å². The Hall–Kier alpha value is -7.34. The average molecular weight is 760 g/mol. The predicted molar refractivity (Wildman–Crippen MR) is 244 cm³/mol. The number of thiophene rings is 1. The third-order valence-electron chi connectivity index (χ3n) is 11.5. The van der Waals surface area contributed by atoms with Gasteiger partial charge in [0.05, 0.1) is 0 Å². The summed E-state index contributed by atoms with van der Waals surface area (Å²) in [5.41, 5.74) is 9.32. The van der Waals surface area contributed by atoms with E-state index in [1.54, 1.807) is 0 Å². The fraction of sp³-hybridized carbons (Fsp3) is 0.0189. The summed E-state index contributed by atoms with van der Waals surface area (Å²) < 4.78 is 9.38. The van der Waals surface area contributed by atoms with Crippen LogP contribution in [0.3, 0.4) is 0 Å². The van der Waals surface area contributed by atoms with Gasteiger partial charge in [-0.3, -0.25) is 0 Å². The number of hydrogen-bond donors (Lipinski definition) is 1. The van der Waals surface area contributed by atoms with Crippen molar-refractivity contribution in [3.05, 3.63) is 205 Å². The number of fused-ring (bicyclic) bond motifs is 8. The monoisotopic (exact) mass is 759 g/mol. The van der Waals surface area contributed by atoms with E-state index in [1.165, 1.54) is 42.1 Å². The standard InChI is InChI=1S/C53H33N3OS/c1-2-11-32(12-3-1)35-22-23-37-31-39(26-24-36(37)29-35)52-54-51(38-25-21-33-13-4-5-14-34(33)30-38)55-53(56-52)45-28-27-41(49-48(45)44-16-6-8-19-46(44)57-49)43-18-10-17-42-40-15-7-9-20-47(40)58-50(42)43/h1-31,53H,(H,54,55,56). The molecule has 12 rings (SSSR count). The highest BCUT2D eigenvalue weighted by atomic mass is 32.1. The molecule has 1 unspecified atom stereocenters. The molecule has 1 aliphatic rings. The number of nitrogens with zero attached hydrogens (tertiary/aromatic N) is 2. The number of furan rings is 1. The van der Waals surface area contributed by atoms with Gasteiger partial charge >= 0.3 is 0 Å². The minimum Gasteiger partial charge on any atom is -0.455 e. The fourth-order valence-corrected chi connectivity index (χ4v) is 9.89. The summed E-state index contributed by atoms with van der Waals surface area (Å²) in [4.78, 5) is 10.8. The first kappa shape index (κ1) is 32.9. The van der Waals surface area contributed by atoms with E-state index in [9.17, 15) is 0 Å². The first-order valence-electron chi connectivity index (χ1n) is 19.6. The Balaban J connectivity index is 1.05. The van der Waals surface area contributed by atoms with Gasteiger partial charge in [0, 0.05) is 58.8 Å². The quantitative estimate of drug-likeness (QED) is 0.190. The van der Waals surface area contributed by atoms with E-state index < -0.39 is 6.17 Å². The molecular formula is C53H33N3OS. The topological polar surface area (TPSA) is 49.9 Å². The molecule has 0 saturated heterocycles. The van der Waals surface area contributed by atoms with Crippen LogP contribution in [0.5, 0.6) is 0 Å². The van der Waals surface area contributed by atoms with Gasteiger partial charge < -0.3 is 9.73 Å². The van der Waals surface area contributed by atoms with E-state index in [2.05, 4.69) is 187 Å². The average Bonchev–Trinajstić information content (AvgIpc) is 3.88. The lowest BCUT2D eigenvalue weighted by Gasteiger charge is -2.23. The summed E-state index contributed by atoms with van der Waals surface area (Å²) in [6.07, 6.45) is -0.536. The predicted octanol–water partition coefficient (Wildman–Crippen LogP) is 14.1. The first-order valence-corrected chi connectivity index (χ1v) is 20.4. The number of nitrogens with one attached hydrogen (secondary N) is 1. The number of hydrogen-bond acceptors (Lipinski definition) is 5. The lowest BCUT2D eigenvalue weighted by molar-refractivity contribution is 0.669. The summed E-state index contributed by atoms with van der Waals surface area (Å²) in [6.45, 7) is 0. The van der Waals surface area contributed by atoms with Crippen LogP contribution in [0.2, 0.25) is 0 Å². The van der Waals surface area contributed by atoms with Crippen LogP contribution in [0.4, 0.5) is 0 Å². The Labute approximate surface area is 338 Å². The van der Waals surface area contributed by atoms with E-state index >= 15 is 0 Å². The minimum absolute atomic E-state index is 0.536. The number of amidine groups is 2. The molecule has 1 aliphatic heterocycles. The molecule has 3 heterocycles. The highest BCUT2D eigenvalue weighted by Crippen LogP contribution is 2.46. The summed E-state index contributed by atoms with van der Waals surface area (Å²) in [5, 5.41) is 13.0. The van der Waals surface area contributed by atoms with Crippen molar-refractivity contribution in [3.8, 4) is 22.3 Å². The Kier molecular flexibility index (Phi) is 7.43. The largest absolute Gasteiger partial charge is 0.455 e. The van der Waals surface area contributed by atoms with Crippen LogP contribution in [0.25, 0.3) is 85.9 Å². The molecule has 0 fully saturated rings. The van der Waals surface area contributed by atoms with Crippen LogP contribution >= 0.6 is 11.3 Å². The van der Waals surface area contributed by atoms with Crippen LogP contribution in [-0.4, -0.2) is 11.7 Å². The molecule has 272 valence electrons. The molecule has 0 bridgehead atoms. The molecule has 9 aromatic carbocycles. The maximum absolute atomic E-state index is 6.85. The van der Waals surface area contributed by atoms with Gasteiger partial charge in [-0.2, -0.15) is 0 Å². The number of benzene rings is 9. The highest BCUT2D eigenvalue weighted by Gasteiger charge is 2.26. The molecule has 5 heteroatoms. The fourth-order valence-electron chi connectivity index (χ4n) is 8.66. The van der Waals surface area contributed by atoms with E-state index in [4.69, 9.17) is 14.4 Å². The van der Waals surface area contributed by atoms with E-state index in [-0.39, 0.29) is 0 Å². The van der Waals surface area contributed by atoms with Gasteiger partial charge in [0.15, 0.2) is 6.17 Å². The second kappa shape index (κ2) is 13.1. The summed E-state index contributed by atoms with van der Waals surface area (Å²) in [6, 6.07) is 66.8. The third-order valence-corrected chi connectivity index (χ3v) is 12.7. The number of aliphatic imine (C=N–C) groups is 2. The van der Waals surface area contributed by atoms with Gasteiger partial charge in [0.1, 0.15) is 22.8 Å². The minimum atomic E-state index is -0.536. The van der Waals surface area contributed by atoms with Crippen LogP contribution < -0.4 is 5.32 Å². The van der Waals surface area contributed by atoms with Crippen LogP contribution in [0, 0.1) is 0 Å². The zero-order valence-electron chi connectivity index (χ0n) is 31.2. The first-order chi connectivity index (χ1) is 28.7. The molecule has 2 aromatic heterocycles. The molecule has 1 N–H and O–H groups in total. The Bertz CT molecular complexity index is 3500. The van der Waals surface area contributed by atoms with Crippen molar-refractivity contribution in [2.24, 2.45) is 9.98 Å². The molecular weight excluding hydrogens is 727 g/mol. The Morgan fingerprint density at radius 1 is 0.448 bits per heavy atom. The third kappa shape index (κ3) is 5.36. The second-order valence-corrected chi connectivity index (χ2v) is 16.0. The van der Waals surface area contributed by atoms with Crippen molar-refractivity contribution in [1.29, 1.82) is 0 Å². The van der Waals surface area contributed by atoms with E-state index in [0.29, 0.717) is 0 Å². The van der Waals surface area contributed by atoms with Crippen molar-refractivity contribution >= 4 is 86.7 Å². The van der Waals surface area contributed by atoms with E-state index in [0.717, 1.165) is 72.2 Å². The van der Waals surface area contributed by atoms with Crippen molar-refractivity contribution in [2.45, 2.75) is 6.17 Å². The van der Waals surface area contributed by atoms with Gasteiger partial charge in [-0.05, 0) is 63.0 Å². The van der Waals surface area contributed by atoms with Crippen molar-refractivity contribution in [3.63, 3.8) is 0 Å². The molecule has 4 nitrogen and oxygen atoms in total. The molecule has 0 spiro atoms. The zero-order chi connectivity index (χ0) is 38.2. The highest BCUT2D eigenvalue weighted by molar-refractivity contribution is 7.26.